The molecule has 0 saturated heterocycles. The summed E-state index contributed by atoms with van der Waals surface area (Å²) in [6.45, 7) is 15.4. The summed E-state index contributed by atoms with van der Waals surface area (Å²) in [7, 11) is 0. The molecule has 0 rings (SSSR count). The number of carbonyl (C=O) groups excluding carboxylic acids is 2. The van der Waals surface area contributed by atoms with Crippen LogP contribution in [-0.2, 0) is 28.6 Å². The Morgan fingerprint density at radius 1 is 0.739 bits per heavy atom. The van der Waals surface area contributed by atoms with Crippen molar-refractivity contribution in [2.75, 3.05) is 26.4 Å². The van der Waals surface area contributed by atoms with E-state index in [0.29, 0.717) is 11.1 Å². The zero-order chi connectivity index (χ0) is 18.4. The zero-order valence-corrected chi connectivity index (χ0v) is 13.8. The summed E-state index contributed by atoms with van der Waals surface area (Å²) in [4.78, 5) is 31.5. The average molecular weight is 328 g/mol. The van der Waals surface area contributed by atoms with E-state index < -0.39 is 17.9 Å². The molecule has 1 N–H and O–H groups in total. The van der Waals surface area contributed by atoms with Gasteiger partial charge in [0.1, 0.15) is 13.2 Å². The first-order valence-corrected chi connectivity index (χ1v) is 6.71. The summed E-state index contributed by atoms with van der Waals surface area (Å²) in [5.74, 6) is -1.82. The van der Waals surface area contributed by atoms with Gasteiger partial charge >= 0.3 is 17.9 Å². The molecule has 130 valence electrons. The van der Waals surface area contributed by atoms with E-state index in [4.69, 9.17) is 19.3 Å². The predicted octanol–water partition coefficient (Wildman–Crippen LogP) is 1.89. The molecule has 0 aromatic heterocycles. The Labute approximate surface area is 136 Å². The van der Waals surface area contributed by atoms with Gasteiger partial charge in [-0.1, -0.05) is 19.7 Å². The highest BCUT2D eigenvalue weighted by atomic mass is 16.6. The van der Waals surface area contributed by atoms with Crippen LogP contribution >= 0.6 is 0 Å². The molecule has 0 spiro atoms. The van der Waals surface area contributed by atoms with Gasteiger partial charge in [-0.3, -0.25) is 0 Å². The minimum atomic E-state index is -0.935. The Morgan fingerprint density at radius 3 is 1.26 bits per heavy atom. The van der Waals surface area contributed by atoms with Crippen LogP contribution in [0.4, 0.5) is 0 Å². The zero-order valence-electron chi connectivity index (χ0n) is 13.8. The second-order valence-electron chi connectivity index (χ2n) is 4.53. The molecule has 23 heavy (non-hydrogen) atoms. The van der Waals surface area contributed by atoms with E-state index >= 15 is 0 Å². The lowest BCUT2D eigenvalue weighted by Crippen LogP contribution is -2.14. The van der Waals surface area contributed by atoms with Gasteiger partial charge in [-0.15, -0.1) is 0 Å². The predicted molar refractivity (Wildman–Crippen MR) is 84.8 cm³/mol. The van der Waals surface area contributed by atoms with Gasteiger partial charge in [-0.2, -0.15) is 0 Å². The van der Waals surface area contributed by atoms with Gasteiger partial charge in [-0.05, 0) is 20.8 Å². The smallest absolute Gasteiger partial charge is 0.333 e. The molecule has 0 aromatic rings. The normalized spacial score (nSPS) is 9.00. The van der Waals surface area contributed by atoms with E-state index in [1.807, 2.05) is 0 Å². The molecule has 0 aliphatic carbocycles. The third-order valence-corrected chi connectivity index (χ3v) is 1.98. The highest BCUT2D eigenvalue weighted by molar-refractivity contribution is 5.87. The SMILES string of the molecule is C=C(C)C(=O)O.C=C(C)C(=O)OCCOCCOC(=O)C(=C)C. The maximum Gasteiger partial charge on any atom is 0.333 e. The summed E-state index contributed by atoms with van der Waals surface area (Å²) in [6, 6.07) is 0. The van der Waals surface area contributed by atoms with Crippen molar-refractivity contribution in [3.8, 4) is 0 Å². The minimum Gasteiger partial charge on any atom is -0.478 e. The van der Waals surface area contributed by atoms with Crippen LogP contribution < -0.4 is 0 Å². The number of esters is 2. The first-order valence-electron chi connectivity index (χ1n) is 6.71. The van der Waals surface area contributed by atoms with Gasteiger partial charge in [-0.25, -0.2) is 14.4 Å². The summed E-state index contributed by atoms with van der Waals surface area (Å²) >= 11 is 0. The minimum absolute atomic E-state index is 0.153. The van der Waals surface area contributed by atoms with Crippen LogP contribution in [0.1, 0.15) is 20.8 Å². The van der Waals surface area contributed by atoms with Crippen LogP contribution in [0.15, 0.2) is 36.5 Å². The first kappa shape index (κ1) is 22.9. The van der Waals surface area contributed by atoms with Crippen LogP contribution in [0.2, 0.25) is 0 Å². The Kier molecular flexibility index (Phi) is 13.2. The van der Waals surface area contributed by atoms with Gasteiger partial charge in [0, 0.05) is 16.7 Å². The largest absolute Gasteiger partial charge is 0.478 e. The Morgan fingerprint density at radius 2 is 1.04 bits per heavy atom. The fraction of sp³-hybridized carbons (Fsp3) is 0.438. The van der Waals surface area contributed by atoms with Crippen molar-refractivity contribution >= 4 is 17.9 Å². The monoisotopic (exact) mass is 328 g/mol. The number of hydrogen-bond acceptors (Lipinski definition) is 6. The first-order chi connectivity index (χ1) is 10.6. The average Bonchev–Trinajstić information content (AvgIpc) is 2.45. The second-order valence-corrected chi connectivity index (χ2v) is 4.53. The van der Waals surface area contributed by atoms with Crippen molar-refractivity contribution in [1.82, 2.24) is 0 Å². The van der Waals surface area contributed by atoms with Crippen molar-refractivity contribution in [3.63, 3.8) is 0 Å². The molecule has 0 bridgehead atoms. The van der Waals surface area contributed by atoms with Gasteiger partial charge in [0.05, 0.1) is 13.2 Å². The number of carbonyl (C=O) groups is 3. The molecule has 7 nitrogen and oxygen atoms in total. The van der Waals surface area contributed by atoms with E-state index in [2.05, 4.69) is 19.7 Å². The fourth-order valence-corrected chi connectivity index (χ4v) is 0.735. The molecule has 7 heteroatoms. The molecule has 0 atom stereocenters. The van der Waals surface area contributed by atoms with E-state index in [9.17, 15) is 14.4 Å². The van der Waals surface area contributed by atoms with Gasteiger partial charge < -0.3 is 19.3 Å². The highest BCUT2D eigenvalue weighted by Crippen LogP contribution is 1.93. The molecule has 0 radical (unpaired) electrons. The summed E-state index contributed by atoms with van der Waals surface area (Å²) in [5.41, 5.74) is 0.871. The van der Waals surface area contributed by atoms with Gasteiger partial charge in [0.15, 0.2) is 0 Å². The van der Waals surface area contributed by atoms with E-state index in [1.54, 1.807) is 13.8 Å². The van der Waals surface area contributed by atoms with Crippen LogP contribution in [0.25, 0.3) is 0 Å². The second kappa shape index (κ2) is 13.3. The van der Waals surface area contributed by atoms with E-state index in [-0.39, 0.29) is 32.0 Å². The van der Waals surface area contributed by atoms with Crippen molar-refractivity contribution in [1.29, 1.82) is 0 Å². The number of hydrogen-bond donors (Lipinski definition) is 1. The molecule has 0 aromatic carbocycles. The van der Waals surface area contributed by atoms with Crippen LogP contribution in [0.5, 0.6) is 0 Å². The van der Waals surface area contributed by atoms with Crippen molar-refractivity contribution in [3.05, 3.63) is 36.5 Å². The maximum absolute atomic E-state index is 10.9. The van der Waals surface area contributed by atoms with Crippen LogP contribution in [0.3, 0.4) is 0 Å². The number of aliphatic carboxylic acids is 1. The molecule has 0 saturated carbocycles. The lowest BCUT2D eigenvalue weighted by Gasteiger charge is -2.06. The van der Waals surface area contributed by atoms with Gasteiger partial charge in [0.2, 0.25) is 0 Å². The molecule has 0 fully saturated rings. The Hall–Kier alpha value is -2.41. The lowest BCUT2D eigenvalue weighted by molar-refractivity contribution is -0.142. The number of rotatable bonds is 9. The maximum atomic E-state index is 10.9. The van der Waals surface area contributed by atoms with Gasteiger partial charge in [0.25, 0.3) is 0 Å². The fourth-order valence-electron chi connectivity index (χ4n) is 0.735. The molecule has 0 amide bonds. The third-order valence-electron chi connectivity index (χ3n) is 1.98. The van der Waals surface area contributed by atoms with E-state index in [0.717, 1.165) is 0 Å². The summed E-state index contributed by atoms with van der Waals surface area (Å²) < 4.78 is 14.6. The summed E-state index contributed by atoms with van der Waals surface area (Å²) in [5, 5.41) is 7.89. The topological polar surface area (TPSA) is 99.1 Å². The standard InChI is InChI=1S/C12H18O5.C4H6O2/c1-9(2)11(13)16-7-5-15-6-8-17-12(14)10(3)4;1-3(2)4(5)6/h1,3,5-8H2,2,4H3;1H2,2H3,(H,5,6). The molecule has 0 aliphatic rings. The quantitative estimate of drug-likeness (QED) is 0.392. The van der Waals surface area contributed by atoms with Crippen molar-refractivity contribution in [2.45, 2.75) is 20.8 Å². The number of carboxylic acid groups (broad SMARTS) is 1. The number of carboxylic acids is 1. The van der Waals surface area contributed by atoms with Crippen molar-refractivity contribution in [2.24, 2.45) is 0 Å². The highest BCUT2D eigenvalue weighted by Gasteiger charge is 2.03. The molecular weight excluding hydrogens is 304 g/mol. The molecule has 0 aliphatic heterocycles. The Balaban J connectivity index is 0. The van der Waals surface area contributed by atoms with Crippen molar-refractivity contribution < 1.29 is 33.7 Å². The van der Waals surface area contributed by atoms with Crippen LogP contribution in [0, 0.1) is 0 Å². The summed E-state index contributed by atoms with van der Waals surface area (Å²) in [6.07, 6.45) is 0. The molecule has 0 unspecified atom stereocenters. The molecular formula is C16H24O7. The number of ether oxygens (including phenoxy) is 3. The molecule has 0 heterocycles. The third kappa shape index (κ3) is 15.8. The van der Waals surface area contributed by atoms with E-state index in [1.165, 1.54) is 6.92 Å². The van der Waals surface area contributed by atoms with Crippen LogP contribution in [-0.4, -0.2) is 49.4 Å². The lowest BCUT2D eigenvalue weighted by atomic mass is 10.4. The Bertz CT molecular complexity index is 421.